The second-order valence-corrected chi connectivity index (χ2v) is 9.92. The van der Waals surface area contributed by atoms with Gasteiger partial charge in [-0.25, -0.2) is 0 Å². The van der Waals surface area contributed by atoms with Gasteiger partial charge in [0.25, 0.3) is 0 Å². The van der Waals surface area contributed by atoms with Crippen LogP contribution in [0.5, 0.6) is 11.5 Å². The number of phenols is 2. The zero-order chi connectivity index (χ0) is 25.2. The maximum absolute atomic E-state index is 13.9. The zero-order valence-electron chi connectivity index (χ0n) is 18.9. The van der Waals surface area contributed by atoms with Gasteiger partial charge in [-0.3, -0.25) is 24.6 Å². The number of likely N-dealkylation sites (tertiary alicyclic amines) is 1. The molecule has 4 atom stereocenters. The van der Waals surface area contributed by atoms with Crippen LogP contribution >= 0.6 is 11.6 Å². The monoisotopic (exact) mass is 503 g/mol. The van der Waals surface area contributed by atoms with E-state index in [2.05, 4.69) is 10.6 Å². The van der Waals surface area contributed by atoms with Crippen molar-refractivity contribution in [2.24, 2.45) is 11.8 Å². The first-order valence-corrected chi connectivity index (χ1v) is 12.0. The number of fused-ring (bicyclic) bond motifs is 4. The number of amides is 3. The van der Waals surface area contributed by atoms with E-state index in [1.807, 2.05) is 30.3 Å². The quantitative estimate of drug-likeness (QED) is 0.321. The smallest absolute Gasteiger partial charge is 0.250 e. The van der Waals surface area contributed by atoms with Crippen LogP contribution in [-0.4, -0.2) is 38.9 Å². The minimum Gasteiger partial charge on any atom is -0.504 e. The Balaban J connectivity index is 1.45. The molecule has 3 aliphatic heterocycles. The molecule has 3 aromatic rings. The van der Waals surface area contributed by atoms with E-state index in [1.165, 1.54) is 17.0 Å². The summed E-state index contributed by atoms with van der Waals surface area (Å²) in [6.07, 6.45) is 0.248. The summed E-state index contributed by atoms with van der Waals surface area (Å²) in [6, 6.07) is 18.1. The highest BCUT2D eigenvalue weighted by Crippen LogP contribution is 2.54. The van der Waals surface area contributed by atoms with Gasteiger partial charge in [-0.1, -0.05) is 48.0 Å². The fourth-order valence-corrected chi connectivity index (χ4v) is 6.05. The summed E-state index contributed by atoms with van der Waals surface area (Å²) in [5.41, 5.74) is 1.06. The third-order valence-electron chi connectivity index (χ3n) is 7.45. The number of imide groups is 1. The van der Waals surface area contributed by atoms with Gasteiger partial charge >= 0.3 is 0 Å². The fraction of sp³-hybridized carbons (Fsp3) is 0.222. The highest BCUT2D eigenvalue weighted by atomic mass is 35.5. The van der Waals surface area contributed by atoms with Crippen molar-refractivity contribution < 1.29 is 24.6 Å². The van der Waals surface area contributed by atoms with Crippen molar-refractivity contribution in [1.82, 2.24) is 10.2 Å². The number of carbonyl (C=O) groups is 3. The van der Waals surface area contributed by atoms with Gasteiger partial charge in [0.1, 0.15) is 5.54 Å². The highest BCUT2D eigenvalue weighted by Gasteiger charge is 2.70. The van der Waals surface area contributed by atoms with Crippen molar-refractivity contribution in [2.75, 3.05) is 5.32 Å². The number of carbonyl (C=O) groups excluding carboxylic acids is 3. The number of hydrogen-bond acceptors (Lipinski definition) is 6. The number of benzene rings is 3. The van der Waals surface area contributed by atoms with E-state index in [0.717, 1.165) is 5.56 Å². The average Bonchev–Trinajstić information content (AvgIpc) is 3.43. The van der Waals surface area contributed by atoms with Crippen LogP contribution in [-0.2, 0) is 32.9 Å². The molecule has 3 amide bonds. The molecule has 2 unspecified atom stereocenters. The lowest BCUT2D eigenvalue weighted by molar-refractivity contribution is -0.143. The SMILES string of the molecule is O=C1[C@H]2C(Cc3ccc(O)c(O)c3)NC3(C(=O)Nc4ccc(Cl)cc43)[C@H]2C(=O)N1Cc1ccccc1. The van der Waals surface area contributed by atoms with Gasteiger partial charge in [-0.2, -0.15) is 0 Å². The number of phenolic OH excluding ortho intramolecular Hbond substituents is 2. The molecular weight excluding hydrogens is 482 g/mol. The van der Waals surface area contributed by atoms with Crippen molar-refractivity contribution in [3.63, 3.8) is 0 Å². The maximum Gasteiger partial charge on any atom is 0.250 e. The number of anilines is 1. The summed E-state index contributed by atoms with van der Waals surface area (Å²) < 4.78 is 0. The Labute approximate surface area is 211 Å². The van der Waals surface area contributed by atoms with Crippen LogP contribution in [0.4, 0.5) is 5.69 Å². The Morgan fingerprint density at radius 2 is 1.67 bits per heavy atom. The Morgan fingerprint density at radius 3 is 2.42 bits per heavy atom. The van der Waals surface area contributed by atoms with Gasteiger partial charge in [0.05, 0.1) is 18.4 Å². The molecule has 2 fully saturated rings. The first-order valence-electron chi connectivity index (χ1n) is 11.6. The molecule has 8 nitrogen and oxygen atoms in total. The lowest BCUT2D eigenvalue weighted by atomic mass is 9.76. The standard InChI is InChI=1S/C27H22ClN3O5/c28-16-7-8-18-17(12-16)27(26(36)29-18)23-22(19(30-27)10-15-6-9-20(32)21(33)11-15)24(34)31(25(23)35)13-14-4-2-1-3-5-14/h1-9,11-12,19,22-23,30,32-33H,10,13H2,(H,29,36)/t19?,22-,23+,27?/m0/s1. The Morgan fingerprint density at radius 1 is 0.889 bits per heavy atom. The molecule has 0 aromatic heterocycles. The first kappa shape index (κ1) is 22.6. The molecule has 9 heteroatoms. The van der Waals surface area contributed by atoms with Crippen LogP contribution in [0, 0.1) is 11.8 Å². The van der Waals surface area contributed by atoms with E-state index in [1.54, 1.807) is 24.3 Å². The number of aromatic hydroxyl groups is 2. The Hall–Kier alpha value is -3.88. The Kier molecular flexibility index (Phi) is 5.07. The molecule has 0 bridgehead atoms. The number of nitrogens with zero attached hydrogens (tertiary/aromatic N) is 1. The van der Waals surface area contributed by atoms with Crippen molar-refractivity contribution in [1.29, 1.82) is 0 Å². The average molecular weight is 504 g/mol. The molecule has 2 saturated heterocycles. The van der Waals surface area contributed by atoms with Gasteiger partial charge in [-0.15, -0.1) is 0 Å². The van der Waals surface area contributed by atoms with Crippen LogP contribution in [0.25, 0.3) is 0 Å². The lowest BCUT2D eigenvalue weighted by Gasteiger charge is -2.29. The lowest BCUT2D eigenvalue weighted by Crippen LogP contribution is -2.53. The van der Waals surface area contributed by atoms with Gasteiger partial charge in [-0.05, 0) is 47.9 Å². The van der Waals surface area contributed by atoms with E-state index in [-0.39, 0.29) is 30.4 Å². The molecule has 0 radical (unpaired) electrons. The normalized spacial score (nSPS) is 26.4. The molecule has 36 heavy (non-hydrogen) atoms. The van der Waals surface area contributed by atoms with Gasteiger partial charge in [0.15, 0.2) is 11.5 Å². The van der Waals surface area contributed by atoms with E-state index in [0.29, 0.717) is 21.8 Å². The summed E-state index contributed by atoms with van der Waals surface area (Å²) in [4.78, 5) is 42.4. The number of nitrogens with one attached hydrogen (secondary N) is 2. The topological polar surface area (TPSA) is 119 Å². The molecule has 0 aliphatic carbocycles. The van der Waals surface area contributed by atoms with Crippen molar-refractivity contribution in [3.05, 3.63) is 88.4 Å². The van der Waals surface area contributed by atoms with Crippen LogP contribution in [0.15, 0.2) is 66.7 Å². The third-order valence-corrected chi connectivity index (χ3v) is 7.68. The Bertz CT molecular complexity index is 1430. The summed E-state index contributed by atoms with van der Waals surface area (Å²) in [5, 5.41) is 26.3. The number of rotatable bonds is 4. The van der Waals surface area contributed by atoms with Crippen LogP contribution in [0.1, 0.15) is 16.7 Å². The summed E-state index contributed by atoms with van der Waals surface area (Å²) in [7, 11) is 0. The molecule has 1 spiro atoms. The van der Waals surface area contributed by atoms with Gasteiger partial charge < -0.3 is 15.5 Å². The fourth-order valence-electron chi connectivity index (χ4n) is 5.88. The minimum atomic E-state index is -1.47. The summed E-state index contributed by atoms with van der Waals surface area (Å²) in [5.74, 6) is -3.50. The summed E-state index contributed by atoms with van der Waals surface area (Å²) in [6.45, 7) is 0.109. The molecule has 3 aromatic carbocycles. The second kappa shape index (κ2) is 8.08. The van der Waals surface area contributed by atoms with E-state index in [4.69, 9.17) is 11.6 Å². The van der Waals surface area contributed by atoms with Crippen LogP contribution in [0.3, 0.4) is 0 Å². The maximum atomic E-state index is 13.9. The van der Waals surface area contributed by atoms with E-state index < -0.39 is 35.2 Å². The van der Waals surface area contributed by atoms with Crippen molar-refractivity contribution in [2.45, 2.75) is 24.5 Å². The molecule has 182 valence electrons. The predicted octanol–water partition coefficient (Wildman–Crippen LogP) is 2.91. The molecule has 0 saturated carbocycles. The largest absolute Gasteiger partial charge is 0.504 e. The zero-order valence-corrected chi connectivity index (χ0v) is 19.7. The first-order chi connectivity index (χ1) is 17.3. The number of halogens is 1. The van der Waals surface area contributed by atoms with E-state index in [9.17, 15) is 24.6 Å². The van der Waals surface area contributed by atoms with Crippen molar-refractivity contribution >= 4 is 35.0 Å². The highest BCUT2D eigenvalue weighted by molar-refractivity contribution is 6.31. The van der Waals surface area contributed by atoms with Crippen LogP contribution in [0.2, 0.25) is 5.02 Å². The second-order valence-electron chi connectivity index (χ2n) is 9.48. The van der Waals surface area contributed by atoms with Gasteiger partial charge in [0.2, 0.25) is 17.7 Å². The molecule has 4 N–H and O–H groups in total. The molecule has 3 aliphatic rings. The van der Waals surface area contributed by atoms with Crippen LogP contribution < -0.4 is 10.6 Å². The molecule has 3 heterocycles. The summed E-state index contributed by atoms with van der Waals surface area (Å²) >= 11 is 6.29. The molecular formula is C27H22ClN3O5. The van der Waals surface area contributed by atoms with Gasteiger partial charge in [0, 0.05) is 22.3 Å². The third kappa shape index (κ3) is 3.22. The number of hydrogen-bond donors (Lipinski definition) is 4. The van der Waals surface area contributed by atoms with E-state index >= 15 is 0 Å². The minimum absolute atomic E-state index is 0.109. The predicted molar refractivity (Wildman–Crippen MR) is 131 cm³/mol. The molecule has 6 rings (SSSR count). The van der Waals surface area contributed by atoms with Crippen molar-refractivity contribution in [3.8, 4) is 11.5 Å².